The summed E-state index contributed by atoms with van der Waals surface area (Å²) < 4.78 is 16.4. The Morgan fingerprint density at radius 3 is 2.68 bits per heavy atom. The summed E-state index contributed by atoms with van der Waals surface area (Å²) in [6.07, 6.45) is 0.0111. The van der Waals surface area contributed by atoms with Gasteiger partial charge in [0.15, 0.2) is 6.10 Å². The minimum absolute atomic E-state index is 0.0884. The normalized spacial score (nSPS) is 15.2. The number of likely N-dealkylation sites (N-methyl/N-ethyl adjacent to an activating group) is 1. The number of fused-ring (bicyclic) bond motifs is 1. The van der Waals surface area contributed by atoms with Crippen LogP contribution in [0.15, 0.2) is 42.5 Å². The predicted molar refractivity (Wildman–Crippen MR) is 105 cm³/mol. The van der Waals surface area contributed by atoms with E-state index in [-0.39, 0.29) is 24.8 Å². The number of aryl methyl sites for hydroxylation is 1. The van der Waals surface area contributed by atoms with Crippen LogP contribution in [-0.2, 0) is 16.0 Å². The van der Waals surface area contributed by atoms with E-state index in [4.69, 9.17) is 14.2 Å². The molecular weight excluding hydrogens is 360 g/mol. The van der Waals surface area contributed by atoms with E-state index in [1.807, 2.05) is 36.4 Å². The number of nitrogens with one attached hydrogen (secondary N) is 1. The van der Waals surface area contributed by atoms with Gasteiger partial charge in [-0.15, -0.1) is 0 Å². The summed E-state index contributed by atoms with van der Waals surface area (Å²) in [5.74, 6) is 1.59. The Labute approximate surface area is 164 Å². The highest BCUT2D eigenvalue weighted by Gasteiger charge is 2.33. The lowest BCUT2D eigenvalue weighted by Crippen LogP contribution is -2.50. The van der Waals surface area contributed by atoms with E-state index < -0.39 is 6.10 Å². The second-order valence-corrected chi connectivity index (χ2v) is 6.37. The highest BCUT2D eigenvalue weighted by Crippen LogP contribution is 2.34. The molecule has 7 heteroatoms. The Kier molecular flexibility index (Phi) is 6.03. The van der Waals surface area contributed by atoms with Crippen LogP contribution in [0.4, 0.5) is 5.69 Å². The molecular formula is C21H24N2O5. The van der Waals surface area contributed by atoms with E-state index in [1.54, 1.807) is 32.2 Å². The van der Waals surface area contributed by atoms with Crippen molar-refractivity contribution < 1.29 is 23.8 Å². The zero-order valence-corrected chi connectivity index (χ0v) is 16.2. The van der Waals surface area contributed by atoms with Gasteiger partial charge in [0, 0.05) is 13.5 Å². The minimum atomic E-state index is -0.741. The molecule has 0 aliphatic carbocycles. The van der Waals surface area contributed by atoms with Crippen LogP contribution < -0.4 is 24.4 Å². The van der Waals surface area contributed by atoms with E-state index in [0.717, 1.165) is 5.56 Å². The van der Waals surface area contributed by atoms with Gasteiger partial charge in [-0.05, 0) is 42.3 Å². The third-order valence-electron chi connectivity index (χ3n) is 4.71. The lowest BCUT2D eigenvalue weighted by Gasteiger charge is -2.34. The van der Waals surface area contributed by atoms with Gasteiger partial charge in [-0.2, -0.15) is 0 Å². The maximum absolute atomic E-state index is 13.0. The van der Waals surface area contributed by atoms with E-state index in [2.05, 4.69) is 5.32 Å². The molecule has 2 amide bonds. The molecule has 1 aliphatic heterocycles. The molecule has 1 unspecified atom stereocenters. The summed E-state index contributed by atoms with van der Waals surface area (Å²) in [5, 5.41) is 2.58. The Morgan fingerprint density at radius 1 is 1.18 bits per heavy atom. The number of benzene rings is 2. The third-order valence-corrected chi connectivity index (χ3v) is 4.71. The molecule has 3 rings (SSSR count). The van der Waals surface area contributed by atoms with Gasteiger partial charge in [0.1, 0.15) is 17.2 Å². The smallest absolute Gasteiger partial charge is 0.262 e. The second-order valence-electron chi connectivity index (χ2n) is 6.37. The number of para-hydroxylation sites is 2. The molecule has 28 heavy (non-hydrogen) atoms. The summed E-state index contributed by atoms with van der Waals surface area (Å²) in [7, 11) is 4.74. The topological polar surface area (TPSA) is 77.1 Å². The van der Waals surface area contributed by atoms with Gasteiger partial charge < -0.3 is 24.4 Å². The zero-order chi connectivity index (χ0) is 20.1. The molecule has 0 aromatic heterocycles. The number of carbonyl (C=O) groups excluding carboxylic acids is 2. The number of methoxy groups -OCH3 is 2. The maximum atomic E-state index is 13.0. The minimum Gasteiger partial charge on any atom is -0.497 e. The molecule has 148 valence electrons. The molecule has 2 aromatic carbocycles. The number of ether oxygens (including phenoxy) is 3. The molecule has 0 bridgehead atoms. The Morgan fingerprint density at radius 2 is 1.96 bits per heavy atom. The Balaban J connectivity index is 1.79. The molecule has 1 N–H and O–H groups in total. The molecule has 1 atom stereocenters. The van der Waals surface area contributed by atoms with Gasteiger partial charge in [0.05, 0.1) is 26.5 Å². The molecule has 0 saturated heterocycles. The number of rotatable bonds is 6. The van der Waals surface area contributed by atoms with Crippen LogP contribution in [0.3, 0.4) is 0 Å². The van der Waals surface area contributed by atoms with Crippen LogP contribution in [0.5, 0.6) is 17.2 Å². The number of hydrogen-bond acceptors (Lipinski definition) is 5. The summed E-state index contributed by atoms with van der Waals surface area (Å²) in [5.41, 5.74) is 1.56. The standard InChI is InChI=1S/C21H24N2O5/c1-22-21(25)19-13-23(16-6-4-5-7-18(16)28-19)20(24)11-8-14-12-15(26-2)9-10-17(14)27-3/h4-7,9-10,12,19H,8,11,13H2,1-3H3,(H,22,25). The van der Waals surface area contributed by atoms with Crippen molar-refractivity contribution in [3.63, 3.8) is 0 Å². The Hall–Kier alpha value is -3.22. The first-order valence-corrected chi connectivity index (χ1v) is 9.06. The zero-order valence-electron chi connectivity index (χ0n) is 16.2. The highest BCUT2D eigenvalue weighted by atomic mass is 16.5. The van der Waals surface area contributed by atoms with Crippen molar-refractivity contribution in [2.45, 2.75) is 18.9 Å². The fourth-order valence-corrected chi connectivity index (χ4v) is 3.22. The number of carbonyl (C=O) groups is 2. The van der Waals surface area contributed by atoms with E-state index in [9.17, 15) is 9.59 Å². The molecule has 1 heterocycles. The van der Waals surface area contributed by atoms with Gasteiger partial charge in [-0.25, -0.2) is 0 Å². The van der Waals surface area contributed by atoms with Gasteiger partial charge in [0.2, 0.25) is 5.91 Å². The van der Waals surface area contributed by atoms with Crippen LogP contribution in [0, 0.1) is 0 Å². The molecule has 0 radical (unpaired) electrons. The van der Waals surface area contributed by atoms with E-state index in [0.29, 0.717) is 29.4 Å². The molecule has 0 fully saturated rings. The van der Waals surface area contributed by atoms with Crippen molar-refractivity contribution in [2.24, 2.45) is 0 Å². The SMILES string of the molecule is CNC(=O)C1CN(C(=O)CCc2cc(OC)ccc2OC)c2ccccc2O1. The average Bonchev–Trinajstić information content (AvgIpc) is 2.75. The number of amides is 2. The van der Waals surface area contributed by atoms with E-state index >= 15 is 0 Å². The number of anilines is 1. The lowest BCUT2D eigenvalue weighted by molar-refractivity contribution is -0.127. The van der Waals surface area contributed by atoms with Gasteiger partial charge in [-0.3, -0.25) is 9.59 Å². The molecule has 1 aliphatic rings. The van der Waals surface area contributed by atoms with Crippen LogP contribution in [0.1, 0.15) is 12.0 Å². The molecule has 2 aromatic rings. The predicted octanol–water partition coefficient (Wildman–Crippen LogP) is 2.18. The van der Waals surface area contributed by atoms with Crippen LogP contribution in [-0.4, -0.2) is 45.7 Å². The van der Waals surface area contributed by atoms with Crippen LogP contribution in [0.2, 0.25) is 0 Å². The lowest BCUT2D eigenvalue weighted by atomic mass is 10.1. The number of nitrogens with zero attached hydrogens (tertiary/aromatic N) is 1. The fourth-order valence-electron chi connectivity index (χ4n) is 3.22. The number of hydrogen-bond donors (Lipinski definition) is 1. The van der Waals surface area contributed by atoms with Crippen molar-refractivity contribution in [3.05, 3.63) is 48.0 Å². The first-order chi connectivity index (χ1) is 13.6. The van der Waals surface area contributed by atoms with Crippen molar-refractivity contribution in [3.8, 4) is 17.2 Å². The average molecular weight is 384 g/mol. The summed E-state index contributed by atoms with van der Waals surface area (Å²) in [6.45, 7) is 0.171. The monoisotopic (exact) mass is 384 g/mol. The van der Waals surface area contributed by atoms with Crippen LogP contribution >= 0.6 is 0 Å². The van der Waals surface area contributed by atoms with Crippen molar-refractivity contribution in [1.82, 2.24) is 5.32 Å². The Bertz CT molecular complexity index is 868. The molecule has 0 spiro atoms. The summed E-state index contributed by atoms with van der Waals surface area (Å²) >= 11 is 0. The fraction of sp³-hybridized carbons (Fsp3) is 0.333. The van der Waals surface area contributed by atoms with Crippen molar-refractivity contribution in [2.75, 3.05) is 32.7 Å². The maximum Gasteiger partial charge on any atom is 0.262 e. The first-order valence-electron chi connectivity index (χ1n) is 9.06. The second kappa shape index (κ2) is 8.65. The van der Waals surface area contributed by atoms with Crippen molar-refractivity contribution in [1.29, 1.82) is 0 Å². The summed E-state index contributed by atoms with van der Waals surface area (Å²) in [6, 6.07) is 12.7. The van der Waals surface area contributed by atoms with Gasteiger partial charge in [-0.1, -0.05) is 12.1 Å². The highest BCUT2D eigenvalue weighted by molar-refractivity contribution is 5.97. The largest absolute Gasteiger partial charge is 0.497 e. The van der Waals surface area contributed by atoms with Crippen LogP contribution in [0.25, 0.3) is 0 Å². The van der Waals surface area contributed by atoms with Gasteiger partial charge in [0.25, 0.3) is 5.91 Å². The van der Waals surface area contributed by atoms with Gasteiger partial charge >= 0.3 is 0 Å². The first kappa shape index (κ1) is 19.5. The van der Waals surface area contributed by atoms with Crippen molar-refractivity contribution >= 4 is 17.5 Å². The quantitative estimate of drug-likeness (QED) is 0.826. The summed E-state index contributed by atoms with van der Waals surface area (Å²) in [4.78, 5) is 26.7. The molecule has 7 nitrogen and oxygen atoms in total. The molecule has 0 saturated carbocycles. The third kappa shape index (κ3) is 4.03. The van der Waals surface area contributed by atoms with E-state index in [1.165, 1.54) is 0 Å².